The lowest BCUT2D eigenvalue weighted by Gasteiger charge is -2.23. The number of rotatable bonds is 9. The molecule has 0 aromatic heterocycles. The lowest BCUT2D eigenvalue weighted by molar-refractivity contribution is -0.384. The number of esters is 1. The van der Waals surface area contributed by atoms with Gasteiger partial charge in [-0.1, -0.05) is 48.5 Å². The van der Waals surface area contributed by atoms with Crippen LogP contribution in [0.1, 0.15) is 44.2 Å². The minimum atomic E-state index is -1.12. The molecule has 4 rings (SSSR count). The van der Waals surface area contributed by atoms with E-state index in [0.717, 1.165) is 22.3 Å². The van der Waals surface area contributed by atoms with Crippen LogP contribution in [0.25, 0.3) is 11.1 Å². The number of hydrogen-bond acceptors (Lipinski definition) is 9. The van der Waals surface area contributed by atoms with Gasteiger partial charge in [-0.3, -0.25) is 14.9 Å². The van der Waals surface area contributed by atoms with Crippen LogP contribution in [0.4, 0.5) is 15.3 Å². The van der Waals surface area contributed by atoms with E-state index >= 15 is 0 Å². The normalized spacial score (nSPS) is 12.9. The fraction of sp³-hybridized carbons (Fsp3) is 0.300. The molecule has 1 aliphatic carbocycles. The van der Waals surface area contributed by atoms with Crippen molar-refractivity contribution in [3.63, 3.8) is 0 Å². The third-order valence-corrected chi connectivity index (χ3v) is 6.15. The first-order valence-electron chi connectivity index (χ1n) is 12.9. The Morgan fingerprint density at radius 2 is 1.49 bits per heavy atom. The van der Waals surface area contributed by atoms with Crippen LogP contribution >= 0.6 is 0 Å². The molecule has 3 aromatic rings. The number of nitro benzene ring substituents is 1. The monoisotopic (exact) mass is 562 g/mol. The molecule has 11 heteroatoms. The molecule has 0 saturated heterocycles. The summed E-state index contributed by atoms with van der Waals surface area (Å²) < 4.78 is 21.0. The molecule has 0 heterocycles. The highest BCUT2D eigenvalue weighted by Gasteiger charge is 2.30. The van der Waals surface area contributed by atoms with Crippen LogP contribution in [-0.4, -0.2) is 48.0 Å². The topological polar surface area (TPSA) is 143 Å². The van der Waals surface area contributed by atoms with Gasteiger partial charge in [0.05, 0.1) is 17.4 Å². The first-order valence-corrected chi connectivity index (χ1v) is 12.9. The molecular formula is C30H30N2O9. The molecule has 1 aliphatic rings. The van der Waals surface area contributed by atoms with Gasteiger partial charge in [-0.15, -0.1) is 0 Å². The molecule has 1 amide bonds. The number of alkyl carbamates (subject to hydrolysis) is 1. The number of hydrogen-bond donors (Lipinski definition) is 1. The molecule has 1 N–H and O–H groups in total. The van der Waals surface area contributed by atoms with Crippen molar-refractivity contribution >= 4 is 23.9 Å². The van der Waals surface area contributed by atoms with E-state index in [1.807, 2.05) is 48.5 Å². The fourth-order valence-corrected chi connectivity index (χ4v) is 4.47. The second-order valence-electron chi connectivity index (χ2n) is 10.4. The van der Waals surface area contributed by atoms with Crippen molar-refractivity contribution in [2.45, 2.75) is 44.8 Å². The maximum absolute atomic E-state index is 12.8. The van der Waals surface area contributed by atoms with Gasteiger partial charge in [-0.2, -0.15) is 0 Å². The van der Waals surface area contributed by atoms with Gasteiger partial charge in [0.25, 0.3) is 5.69 Å². The standard InChI is InChI=1S/C30H30N2O9/c1-30(2,3)41-27(33)16-19(17-39-29(35)40-21-14-12-20(13-15-21)32(36)37)31-28(34)38-18-26-24-10-6-4-8-22(24)23-9-5-7-11-25(23)26/h4-15,19,26H,16-18H2,1-3H3,(H,31,34)/t19-/m0/s1. The second kappa shape index (κ2) is 12.5. The third kappa shape index (κ3) is 7.81. The molecule has 0 fully saturated rings. The summed E-state index contributed by atoms with van der Waals surface area (Å²) in [7, 11) is 0. The highest BCUT2D eigenvalue weighted by Crippen LogP contribution is 2.44. The number of ether oxygens (including phenoxy) is 4. The molecule has 41 heavy (non-hydrogen) atoms. The van der Waals surface area contributed by atoms with Crippen molar-refractivity contribution in [2.75, 3.05) is 13.2 Å². The molecule has 0 saturated carbocycles. The molecule has 0 aliphatic heterocycles. The Labute approximate surface area is 236 Å². The number of nitro groups is 1. The summed E-state index contributed by atoms with van der Waals surface area (Å²) >= 11 is 0. The van der Waals surface area contributed by atoms with Gasteiger partial charge in [-0.25, -0.2) is 9.59 Å². The van der Waals surface area contributed by atoms with Gasteiger partial charge in [-0.05, 0) is 55.2 Å². The molecule has 3 aromatic carbocycles. The Bertz CT molecular complexity index is 1380. The van der Waals surface area contributed by atoms with E-state index < -0.39 is 41.4 Å². The van der Waals surface area contributed by atoms with Gasteiger partial charge < -0.3 is 24.3 Å². The zero-order valence-electron chi connectivity index (χ0n) is 22.8. The smallest absolute Gasteiger partial charge is 0.460 e. The Kier molecular flexibility index (Phi) is 8.86. The van der Waals surface area contributed by atoms with Crippen LogP contribution < -0.4 is 10.1 Å². The van der Waals surface area contributed by atoms with E-state index in [1.54, 1.807) is 20.8 Å². The van der Waals surface area contributed by atoms with E-state index in [2.05, 4.69) is 5.32 Å². The number of nitrogens with one attached hydrogen (secondary N) is 1. The second-order valence-corrected chi connectivity index (χ2v) is 10.4. The van der Waals surface area contributed by atoms with E-state index in [9.17, 15) is 24.5 Å². The summed E-state index contributed by atoms with van der Waals surface area (Å²) in [6, 6.07) is 19.7. The summed E-state index contributed by atoms with van der Waals surface area (Å²) in [4.78, 5) is 47.7. The highest BCUT2D eigenvalue weighted by molar-refractivity contribution is 5.79. The van der Waals surface area contributed by atoms with E-state index in [1.165, 1.54) is 24.3 Å². The summed E-state index contributed by atoms with van der Waals surface area (Å²) in [5.41, 5.74) is 3.32. The first-order chi connectivity index (χ1) is 19.5. The van der Waals surface area contributed by atoms with Crippen molar-refractivity contribution in [3.8, 4) is 16.9 Å². The summed E-state index contributed by atoms with van der Waals surface area (Å²) in [5.74, 6) is -0.757. The van der Waals surface area contributed by atoms with Crippen LogP contribution in [0.2, 0.25) is 0 Å². The molecule has 0 spiro atoms. The summed E-state index contributed by atoms with van der Waals surface area (Å²) in [5, 5.41) is 13.4. The van der Waals surface area contributed by atoms with Crippen LogP contribution in [0, 0.1) is 10.1 Å². The van der Waals surface area contributed by atoms with Crippen LogP contribution in [0.5, 0.6) is 5.75 Å². The number of carbonyl (C=O) groups is 3. The van der Waals surface area contributed by atoms with Crippen molar-refractivity contribution < 1.29 is 38.3 Å². The molecule has 1 atom stereocenters. The first kappa shape index (κ1) is 29.1. The fourth-order valence-electron chi connectivity index (χ4n) is 4.47. The molecule has 214 valence electrons. The van der Waals surface area contributed by atoms with Gasteiger partial charge in [0.1, 0.15) is 24.6 Å². The molecule has 0 unspecified atom stereocenters. The lowest BCUT2D eigenvalue weighted by atomic mass is 9.98. The Morgan fingerprint density at radius 3 is 2.05 bits per heavy atom. The van der Waals surface area contributed by atoms with Crippen LogP contribution in [0.3, 0.4) is 0 Å². The minimum absolute atomic E-state index is 0.0220. The van der Waals surface area contributed by atoms with E-state index in [-0.39, 0.29) is 30.4 Å². The predicted octanol–water partition coefficient (Wildman–Crippen LogP) is 5.75. The lowest BCUT2D eigenvalue weighted by Crippen LogP contribution is -2.42. The molecule has 0 radical (unpaired) electrons. The SMILES string of the molecule is CC(C)(C)OC(=O)C[C@@H](COC(=O)Oc1ccc([N+](=O)[O-])cc1)NC(=O)OCC1c2ccccc2-c2ccccc21. The van der Waals surface area contributed by atoms with Gasteiger partial charge in [0.15, 0.2) is 0 Å². The maximum Gasteiger partial charge on any atom is 0.513 e. The van der Waals surface area contributed by atoms with Crippen molar-refractivity contribution in [3.05, 3.63) is 94.0 Å². The maximum atomic E-state index is 12.8. The van der Waals surface area contributed by atoms with E-state index in [0.29, 0.717) is 0 Å². The molecule has 0 bridgehead atoms. The largest absolute Gasteiger partial charge is 0.513 e. The van der Waals surface area contributed by atoms with Crippen LogP contribution in [-0.2, 0) is 19.0 Å². The Hall–Kier alpha value is -4.93. The average Bonchev–Trinajstić information content (AvgIpc) is 3.23. The highest BCUT2D eigenvalue weighted by atomic mass is 16.7. The number of benzene rings is 3. The van der Waals surface area contributed by atoms with Crippen LogP contribution in [0.15, 0.2) is 72.8 Å². The van der Waals surface area contributed by atoms with Crippen molar-refractivity contribution in [1.29, 1.82) is 0 Å². The Balaban J connectivity index is 1.37. The molecular weight excluding hydrogens is 532 g/mol. The molecule has 11 nitrogen and oxygen atoms in total. The third-order valence-electron chi connectivity index (χ3n) is 6.15. The Morgan fingerprint density at radius 1 is 0.902 bits per heavy atom. The van der Waals surface area contributed by atoms with Crippen molar-refractivity contribution in [2.24, 2.45) is 0 Å². The number of nitrogens with zero attached hydrogens (tertiary/aromatic N) is 1. The quantitative estimate of drug-likeness (QED) is 0.113. The van der Waals surface area contributed by atoms with Gasteiger partial charge >= 0.3 is 18.2 Å². The number of carbonyl (C=O) groups excluding carboxylic acids is 3. The predicted molar refractivity (Wildman–Crippen MR) is 148 cm³/mol. The summed E-state index contributed by atoms with van der Waals surface area (Å²) in [6.45, 7) is 4.75. The van der Waals surface area contributed by atoms with Gasteiger partial charge in [0, 0.05) is 18.1 Å². The van der Waals surface area contributed by atoms with Crippen molar-refractivity contribution in [1.82, 2.24) is 5.32 Å². The minimum Gasteiger partial charge on any atom is -0.460 e. The van der Waals surface area contributed by atoms with Gasteiger partial charge in [0.2, 0.25) is 0 Å². The number of amides is 1. The average molecular weight is 563 g/mol. The summed E-state index contributed by atoms with van der Waals surface area (Å²) in [6.07, 6.45) is -2.22. The van der Waals surface area contributed by atoms with E-state index in [4.69, 9.17) is 18.9 Å². The zero-order chi connectivity index (χ0) is 29.6. The zero-order valence-corrected chi connectivity index (χ0v) is 22.8. The number of non-ortho nitro benzene ring substituents is 1. The number of fused-ring (bicyclic) bond motifs is 3.